The Hall–Kier alpha value is -2.91. The number of benzene rings is 1. The van der Waals surface area contributed by atoms with E-state index < -0.39 is 7.12 Å². The number of anilines is 1. The zero-order valence-corrected chi connectivity index (χ0v) is 16.1. The first-order valence-electron chi connectivity index (χ1n) is 9.16. The predicted octanol–water partition coefficient (Wildman–Crippen LogP) is 1.05. The van der Waals surface area contributed by atoms with E-state index in [0.29, 0.717) is 11.2 Å². The zero-order valence-electron chi connectivity index (χ0n) is 16.1. The van der Waals surface area contributed by atoms with Gasteiger partial charge in [0.1, 0.15) is 17.7 Å². The van der Waals surface area contributed by atoms with Crippen molar-refractivity contribution in [1.29, 1.82) is 0 Å². The van der Waals surface area contributed by atoms with Crippen molar-refractivity contribution in [2.24, 2.45) is 12.1 Å². The second-order valence-electron chi connectivity index (χ2n) is 6.97. The van der Waals surface area contributed by atoms with Crippen LogP contribution in [0.15, 0.2) is 41.9 Å². The number of ether oxygens (including phenoxy) is 1. The van der Waals surface area contributed by atoms with Crippen LogP contribution in [0.4, 0.5) is 5.82 Å². The molecule has 0 spiro atoms. The number of fused-ring (bicyclic) bond motifs is 1. The second kappa shape index (κ2) is 7.25. The van der Waals surface area contributed by atoms with Gasteiger partial charge in [0.05, 0.1) is 24.2 Å². The molecule has 0 saturated carbocycles. The van der Waals surface area contributed by atoms with Crippen molar-refractivity contribution in [2.45, 2.75) is 25.8 Å². The summed E-state index contributed by atoms with van der Waals surface area (Å²) in [6.45, 7) is 2.13. The van der Waals surface area contributed by atoms with E-state index >= 15 is 0 Å². The van der Waals surface area contributed by atoms with E-state index in [1.54, 1.807) is 18.5 Å². The van der Waals surface area contributed by atoms with Crippen molar-refractivity contribution in [1.82, 2.24) is 14.5 Å². The lowest BCUT2D eigenvalue weighted by atomic mass is 9.79. The van der Waals surface area contributed by atoms with Crippen LogP contribution in [0.1, 0.15) is 25.3 Å². The van der Waals surface area contributed by atoms with Gasteiger partial charge in [0.2, 0.25) is 0 Å². The molecule has 0 fully saturated rings. The molecule has 4 rings (SSSR count). The van der Waals surface area contributed by atoms with Crippen molar-refractivity contribution >= 4 is 35.1 Å². The molecule has 0 radical (unpaired) electrons. The molecule has 8 nitrogen and oxygen atoms in total. The monoisotopic (exact) mass is 379 g/mol. The Kier molecular flexibility index (Phi) is 4.78. The summed E-state index contributed by atoms with van der Waals surface area (Å²) in [6, 6.07) is 7.48. The minimum Gasteiger partial charge on any atom is -0.497 e. The Balaban J connectivity index is 1.77. The van der Waals surface area contributed by atoms with Gasteiger partial charge in [-0.1, -0.05) is 12.1 Å². The van der Waals surface area contributed by atoms with Gasteiger partial charge < -0.3 is 19.4 Å². The van der Waals surface area contributed by atoms with Gasteiger partial charge in [0.25, 0.3) is 0 Å². The molecule has 0 bridgehead atoms. The third-order valence-electron chi connectivity index (χ3n) is 5.15. The standard InChI is InChI=1S/C19H22BN5O3/c1-12-4-7-16(13-5-6-15(20(26)27)17(10-13)28-3)23-25(12)19-14-8-9-24(2)18(14)21-11-22-19/h5-6,8-12,26-27H,4,7H2,1-3H3. The van der Waals surface area contributed by atoms with Crippen LogP contribution in [0.5, 0.6) is 5.75 Å². The summed E-state index contributed by atoms with van der Waals surface area (Å²) in [4.78, 5) is 8.86. The highest BCUT2D eigenvalue weighted by atomic mass is 16.5. The van der Waals surface area contributed by atoms with Gasteiger partial charge in [-0.15, -0.1) is 0 Å². The summed E-state index contributed by atoms with van der Waals surface area (Å²) in [5.41, 5.74) is 2.98. The molecule has 144 valence electrons. The molecular formula is C19H22BN5O3. The van der Waals surface area contributed by atoms with E-state index in [9.17, 15) is 10.0 Å². The Labute approximate surface area is 163 Å². The van der Waals surface area contributed by atoms with Gasteiger partial charge in [-0.2, -0.15) is 5.10 Å². The number of hydrogen-bond donors (Lipinski definition) is 2. The first kappa shape index (κ1) is 18.5. The molecule has 0 amide bonds. The maximum atomic E-state index is 9.49. The van der Waals surface area contributed by atoms with Crippen LogP contribution in [-0.2, 0) is 7.05 Å². The quantitative estimate of drug-likeness (QED) is 0.658. The van der Waals surface area contributed by atoms with Crippen molar-refractivity contribution in [3.05, 3.63) is 42.4 Å². The number of aryl methyl sites for hydroxylation is 1. The molecule has 0 saturated heterocycles. The second-order valence-corrected chi connectivity index (χ2v) is 6.97. The first-order chi connectivity index (χ1) is 13.5. The minimum absolute atomic E-state index is 0.197. The van der Waals surface area contributed by atoms with Crippen molar-refractivity contribution in [3.8, 4) is 5.75 Å². The van der Waals surface area contributed by atoms with Gasteiger partial charge in [0, 0.05) is 24.3 Å². The number of aromatic nitrogens is 3. The summed E-state index contributed by atoms with van der Waals surface area (Å²) < 4.78 is 7.28. The highest BCUT2D eigenvalue weighted by Crippen LogP contribution is 2.30. The molecule has 3 heterocycles. The van der Waals surface area contributed by atoms with Gasteiger partial charge in [-0.05, 0) is 31.9 Å². The molecule has 1 aliphatic heterocycles. The average molecular weight is 379 g/mol. The zero-order chi connectivity index (χ0) is 19.8. The van der Waals surface area contributed by atoms with E-state index in [1.165, 1.54) is 7.11 Å². The molecule has 0 aliphatic carbocycles. The predicted molar refractivity (Wildman–Crippen MR) is 109 cm³/mol. The van der Waals surface area contributed by atoms with E-state index in [4.69, 9.17) is 9.84 Å². The van der Waals surface area contributed by atoms with Crippen molar-refractivity contribution in [3.63, 3.8) is 0 Å². The molecule has 1 aliphatic rings. The fraction of sp³-hybridized carbons (Fsp3) is 0.316. The molecule has 28 heavy (non-hydrogen) atoms. The van der Waals surface area contributed by atoms with E-state index in [2.05, 4.69) is 16.9 Å². The molecule has 3 aromatic rings. The van der Waals surface area contributed by atoms with Crippen LogP contribution >= 0.6 is 0 Å². The Morgan fingerprint density at radius 1 is 1.21 bits per heavy atom. The fourth-order valence-corrected chi connectivity index (χ4v) is 3.56. The van der Waals surface area contributed by atoms with Crippen molar-refractivity contribution in [2.75, 3.05) is 12.1 Å². The summed E-state index contributed by atoms with van der Waals surface area (Å²) in [7, 11) is 1.88. The Morgan fingerprint density at radius 3 is 2.79 bits per heavy atom. The number of hydrogen-bond acceptors (Lipinski definition) is 7. The van der Waals surface area contributed by atoms with Gasteiger partial charge >= 0.3 is 7.12 Å². The Morgan fingerprint density at radius 2 is 2.04 bits per heavy atom. The number of methoxy groups -OCH3 is 1. The van der Waals surface area contributed by atoms with Crippen LogP contribution in [-0.4, -0.2) is 50.6 Å². The number of rotatable bonds is 4. The fourth-order valence-electron chi connectivity index (χ4n) is 3.56. The van der Waals surface area contributed by atoms with Gasteiger partial charge in [0.15, 0.2) is 5.82 Å². The SMILES string of the molecule is COc1cc(C2=NN(c3ncnc4c3ccn4C)C(C)CC2)ccc1B(O)O. The molecule has 9 heteroatoms. The highest BCUT2D eigenvalue weighted by molar-refractivity contribution is 6.59. The maximum Gasteiger partial charge on any atom is 0.492 e. The largest absolute Gasteiger partial charge is 0.497 e. The van der Waals surface area contributed by atoms with Crippen molar-refractivity contribution < 1.29 is 14.8 Å². The lowest BCUT2D eigenvalue weighted by Gasteiger charge is -2.31. The minimum atomic E-state index is -1.58. The highest BCUT2D eigenvalue weighted by Gasteiger charge is 2.26. The van der Waals surface area contributed by atoms with Crippen LogP contribution in [0.3, 0.4) is 0 Å². The van der Waals surface area contributed by atoms with E-state index in [-0.39, 0.29) is 6.04 Å². The molecular weight excluding hydrogens is 357 g/mol. The summed E-state index contributed by atoms with van der Waals surface area (Å²) in [5.74, 6) is 1.21. The molecule has 1 unspecified atom stereocenters. The third kappa shape index (κ3) is 3.12. The number of nitrogens with zero attached hydrogens (tertiary/aromatic N) is 5. The lowest BCUT2D eigenvalue weighted by molar-refractivity contribution is 0.403. The smallest absolute Gasteiger partial charge is 0.492 e. The van der Waals surface area contributed by atoms with Gasteiger partial charge in [-0.3, -0.25) is 0 Å². The topological polar surface area (TPSA) is 96.0 Å². The maximum absolute atomic E-state index is 9.49. The van der Waals surface area contributed by atoms with Gasteiger partial charge in [-0.25, -0.2) is 15.0 Å². The normalized spacial score (nSPS) is 17.0. The first-order valence-corrected chi connectivity index (χ1v) is 9.16. The third-order valence-corrected chi connectivity index (χ3v) is 5.15. The van der Waals surface area contributed by atoms with Crippen LogP contribution < -0.4 is 15.2 Å². The van der Waals surface area contributed by atoms with Crippen LogP contribution in [0, 0.1) is 0 Å². The van der Waals surface area contributed by atoms with E-state index in [0.717, 1.165) is 41.0 Å². The van der Waals surface area contributed by atoms with E-state index in [1.807, 2.05) is 35.0 Å². The molecule has 1 aromatic carbocycles. The number of hydrazone groups is 1. The average Bonchev–Trinajstić information content (AvgIpc) is 3.09. The summed E-state index contributed by atoms with van der Waals surface area (Å²) in [6.07, 6.45) is 5.26. The molecule has 2 aromatic heterocycles. The summed E-state index contributed by atoms with van der Waals surface area (Å²) >= 11 is 0. The summed E-state index contributed by atoms with van der Waals surface area (Å²) in [5, 5.41) is 26.8. The van der Waals surface area contributed by atoms with Crippen LogP contribution in [0.25, 0.3) is 11.0 Å². The lowest BCUT2D eigenvalue weighted by Crippen LogP contribution is -2.35. The van der Waals surface area contributed by atoms with Crippen LogP contribution in [0.2, 0.25) is 0 Å². The Bertz CT molecular complexity index is 1050. The molecule has 1 atom stereocenters. The molecule has 2 N–H and O–H groups in total.